The Morgan fingerprint density at radius 2 is 1.94 bits per heavy atom. The first-order valence-electron chi connectivity index (χ1n) is 6.54. The lowest BCUT2D eigenvalue weighted by Crippen LogP contribution is -2.45. The summed E-state index contributed by atoms with van der Waals surface area (Å²) in [6.07, 6.45) is 3.13. The molecule has 5 nitrogen and oxygen atoms in total. The molecule has 1 saturated heterocycles. The normalized spacial score (nSPS) is 18.4. The molecule has 1 aliphatic rings. The molecule has 102 valence electrons. The van der Waals surface area contributed by atoms with E-state index in [0.29, 0.717) is 13.1 Å². The minimum Gasteiger partial charge on any atom is -0.314 e. The summed E-state index contributed by atoms with van der Waals surface area (Å²) in [4.78, 5) is 2.20. The van der Waals surface area contributed by atoms with Crippen LogP contribution in [-0.4, -0.2) is 58.3 Å². The number of hydrogen-bond donors (Lipinski definition) is 2. The van der Waals surface area contributed by atoms with Crippen molar-refractivity contribution < 1.29 is 8.42 Å². The average molecular weight is 263 g/mol. The fraction of sp³-hybridized carbons (Fsp3) is 1.00. The Bertz CT molecular complexity index is 287. The fourth-order valence-corrected chi connectivity index (χ4v) is 2.96. The van der Waals surface area contributed by atoms with Crippen molar-refractivity contribution in [1.82, 2.24) is 14.9 Å². The van der Waals surface area contributed by atoms with Crippen LogP contribution in [0.4, 0.5) is 0 Å². The fourth-order valence-electron chi connectivity index (χ4n) is 1.86. The molecule has 2 N–H and O–H groups in total. The Hall–Kier alpha value is -0.170. The number of nitrogens with one attached hydrogen (secondary N) is 2. The molecule has 1 heterocycles. The number of rotatable bonds is 8. The van der Waals surface area contributed by atoms with E-state index in [1.54, 1.807) is 0 Å². The first-order chi connectivity index (χ1) is 8.14. The molecule has 0 bridgehead atoms. The minimum atomic E-state index is -3.07. The number of sulfonamides is 1. The van der Waals surface area contributed by atoms with Gasteiger partial charge < -0.3 is 5.32 Å². The van der Waals surface area contributed by atoms with Crippen LogP contribution in [0.3, 0.4) is 0 Å². The molecule has 1 rings (SSSR count). The van der Waals surface area contributed by atoms with Crippen LogP contribution in [0.2, 0.25) is 0 Å². The van der Waals surface area contributed by atoms with E-state index in [0.717, 1.165) is 45.4 Å². The molecule has 1 aliphatic heterocycles. The summed E-state index contributed by atoms with van der Waals surface area (Å²) in [5, 5.41) is 3.25. The summed E-state index contributed by atoms with van der Waals surface area (Å²) in [5.41, 5.74) is 0. The highest BCUT2D eigenvalue weighted by Gasteiger charge is 2.14. The summed E-state index contributed by atoms with van der Waals surface area (Å²) in [6.45, 7) is 7.16. The van der Waals surface area contributed by atoms with E-state index in [4.69, 9.17) is 0 Å². The highest BCUT2D eigenvalue weighted by molar-refractivity contribution is 7.89. The van der Waals surface area contributed by atoms with Crippen molar-refractivity contribution in [3.8, 4) is 0 Å². The molecule has 0 aromatic heterocycles. The Kier molecular flexibility index (Phi) is 7.03. The standard InChI is InChI=1S/C11H25N3O2S/c1-2-3-4-5-13-17(15,16)11-10-14-8-6-12-7-9-14/h12-13H,2-11H2,1H3. The molecule has 0 aromatic carbocycles. The van der Waals surface area contributed by atoms with Crippen molar-refractivity contribution in [3.05, 3.63) is 0 Å². The zero-order valence-corrected chi connectivity index (χ0v) is 11.6. The minimum absolute atomic E-state index is 0.221. The summed E-state index contributed by atoms with van der Waals surface area (Å²) >= 11 is 0. The van der Waals surface area contributed by atoms with Gasteiger partial charge in [0.15, 0.2) is 0 Å². The number of nitrogens with zero attached hydrogens (tertiary/aromatic N) is 1. The summed E-state index contributed by atoms with van der Waals surface area (Å²) in [5.74, 6) is 0.221. The summed E-state index contributed by atoms with van der Waals surface area (Å²) in [6, 6.07) is 0. The van der Waals surface area contributed by atoms with Crippen LogP contribution < -0.4 is 10.0 Å². The molecule has 0 aliphatic carbocycles. The predicted molar refractivity (Wildman–Crippen MR) is 70.6 cm³/mol. The molecule has 0 radical (unpaired) electrons. The molecule has 17 heavy (non-hydrogen) atoms. The van der Waals surface area contributed by atoms with Crippen molar-refractivity contribution in [3.63, 3.8) is 0 Å². The van der Waals surface area contributed by atoms with Crippen molar-refractivity contribution in [2.75, 3.05) is 45.0 Å². The van der Waals surface area contributed by atoms with Gasteiger partial charge >= 0.3 is 0 Å². The predicted octanol–water partition coefficient (Wildman–Crippen LogP) is 0.00120. The third kappa shape index (κ3) is 6.98. The van der Waals surface area contributed by atoms with Crippen LogP contribution in [0.25, 0.3) is 0 Å². The van der Waals surface area contributed by atoms with Gasteiger partial charge in [-0.2, -0.15) is 0 Å². The monoisotopic (exact) mass is 263 g/mol. The van der Waals surface area contributed by atoms with Gasteiger partial charge in [-0.15, -0.1) is 0 Å². The van der Waals surface area contributed by atoms with Crippen LogP contribution in [0.1, 0.15) is 26.2 Å². The second-order valence-electron chi connectivity index (χ2n) is 4.51. The van der Waals surface area contributed by atoms with Gasteiger partial charge in [-0.1, -0.05) is 19.8 Å². The van der Waals surface area contributed by atoms with Gasteiger partial charge in [-0.3, -0.25) is 4.90 Å². The van der Waals surface area contributed by atoms with Crippen LogP contribution in [0, 0.1) is 0 Å². The van der Waals surface area contributed by atoms with Gasteiger partial charge in [0.1, 0.15) is 0 Å². The lowest BCUT2D eigenvalue weighted by atomic mass is 10.3. The van der Waals surface area contributed by atoms with Crippen LogP contribution in [0.5, 0.6) is 0 Å². The van der Waals surface area contributed by atoms with Crippen LogP contribution in [0.15, 0.2) is 0 Å². The zero-order valence-electron chi connectivity index (χ0n) is 10.7. The Labute approximate surface area is 105 Å². The van der Waals surface area contributed by atoms with Crippen LogP contribution >= 0.6 is 0 Å². The van der Waals surface area contributed by atoms with Crippen molar-refractivity contribution in [1.29, 1.82) is 0 Å². The maximum atomic E-state index is 11.7. The molecule has 0 unspecified atom stereocenters. The third-order valence-electron chi connectivity index (χ3n) is 2.99. The van der Waals surface area contributed by atoms with Gasteiger partial charge in [0.2, 0.25) is 10.0 Å². The molecule has 0 saturated carbocycles. The van der Waals surface area contributed by atoms with Crippen molar-refractivity contribution >= 4 is 10.0 Å². The summed E-state index contributed by atoms with van der Waals surface area (Å²) < 4.78 is 26.0. The second kappa shape index (κ2) is 8.02. The van der Waals surface area contributed by atoms with Gasteiger partial charge in [0.25, 0.3) is 0 Å². The molecule has 0 amide bonds. The molecular formula is C11H25N3O2S. The maximum absolute atomic E-state index is 11.7. The summed E-state index contributed by atoms with van der Waals surface area (Å²) in [7, 11) is -3.07. The second-order valence-corrected chi connectivity index (χ2v) is 6.44. The van der Waals surface area contributed by atoms with E-state index < -0.39 is 10.0 Å². The van der Waals surface area contributed by atoms with Gasteiger partial charge in [0, 0.05) is 39.3 Å². The Morgan fingerprint density at radius 1 is 1.24 bits per heavy atom. The van der Waals surface area contributed by atoms with Gasteiger partial charge in [-0.25, -0.2) is 13.1 Å². The number of hydrogen-bond acceptors (Lipinski definition) is 4. The largest absolute Gasteiger partial charge is 0.314 e. The highest BCUT2D eigenvalue weighted by Crippen LogP contribution is 1.96. The van der Waals surface area contributed by atoms with Gasteiger partial charge in [0.05, 0.1) is 5.75 Å². The van der Waals surface area contributed by atoms with E-state index in [1.165, 1.54) is 0 Å². The zero-order chi connectivity index (χ0) is 12.6. The molecule has 1 fully saturated rings. The van der Waals surface area contributed by atoms with E-state index in [1.807, 2.05) is 0 Å². The number of piperazine rings is 1. The van der Waals surface area contributed by atoms with E-state index in [9.17, 15) is 8.42 Å². The SMILES string of the molecule is CCCCCNS(=O)(=O)CCN1CCNCC1. The maximum Gasteiger partial charge on any atom is 0.212 e. The Balaban J connectivity index is 2.14. The first kappa shape index (κ1) is 14.9. The molecule has 0 aromatic rings. The van der Waals surface area contributed by atoms with Crippen molar-refractivity contribution in [2.45, 2.75) is 26.2 Å². The van der Waals surface area contributed by atoms with Gasteiger partial charge in [-0.05, 0) is 6.42 Å². The topological polar surface area (TPSA) is 61.4 Å². The quantitative estimate of drug-likeness (QED) is 0.605. The van der Waals surface area contributed by atoms with E-state index >= 15 is 0 Å². The number of unbranched alkanes of at least 4 members (excludes halogenated alkanes) is 2. The molecule has 0 atom stereocenters. The van der Waals surface area contributed by atoms with Crippen LogP contribution in [-0.2, 0) is 10.0 Å². The smallest absolute Gasteiger partial charge is 0.212 e. The highest BCUT2D eigenvalue weighted by atomic mass is 32.2. The average Bonchev–Trinajstić information content (AvgIpc) is 2.34. The third-order valence-corrected chi connectivity index (χ3v) is 4.35. The molecular weight excluding hydrogens is 238 g/mol. The van der Waals surface area contributed by atoms with Crippen molar-refractivity contribution in [2.24, 2.45) is 0 Å². The lowest BCUT2D eigenvalue weighted by Gasteiger charge is -2.26. The first-order valence-corrected chi connectivity index (χ1v) is 8.19. The molecule has 0 spiro atoms. The van der Waals surface area contributed by atoms with E-state index in [-0.39, 0.29) is 5.75 Å². The van der Waals surface area contributed by atoms with E-state index in [2.05, 4.69) is 21.9 Å². The Morgan fingerprint density at radius 3 is 2.59 bits per heavy atom. The molecule has 6 heteroatoms. The lowest BCUT2D eigenvalue weighted by molar-refractivity contribution is 0.253.